The molecule has 6 rings (SSSR count). The number of anilines is 1. The zero-order valence-electron chi connectivity index (χ0n) is 18.9. The fourth-order valence-corrected chi connectivity index (χ4v) is 9.05. The molecule has 4 aliphatic carbocycles. The smallest absolute Gasteiger partial charge is 0.198 e. The Bertz CT molecular complexity index is 930. The molecule has 2 saturated carbocycles. The largest absolute Gasteiger partial charge is 0.323 e. The SMILES string of the molecule is C[C@]12CCc3nc(NN4CCNCC4)sc3C1=CC[C@@H]1[C@@H]2CC[C@]2(C)/C(=N/N)CC[C@@H]12. The predicted octanol–water partition coefficient (Wildman–Crippen LogP) is 3.87. The molecule has 1 aromatic rings. The van der Waals surface area contributed by atoms with Gasteiger partial charge >= 0.3 is 0 Å². The van der Waals surface area contributed by atoms with Gasteiger partial charge in [-0.25, -0.2) is 9.99 Å². The number of allylic oxidation sites excluding steroid dienone is 2. The lowest BCUT2D eigenvalue weighted by Gasteiger charge is -2.56. The third kappa shape index (κ3) is 2.96. The minimum atomic E-state index is 0.238. The number of nitrogens with zero attached hydrogens (tertiary/aromatic N) is 3. The van der Waals surface area contributed by atoms with Gasteiger partial charge in [0.25, 0.3) is 0 Å². The van der Waals surface area contributed by atoms with Crippen molar-refractivity contribution < 1.29 is 0 Å². The van der Waals surface area contributed by atoms with Gasteiger partial charge in [0.15, 0.2) is 5.13 Å². The first-order valence-electron chi connectivity index (χ1n) is 12.2. The molecule has 0 amide bonds. The van der Waals surface area contributed by atoms with Gasteiger partial charge in [-0.15, -0.1) is 0 Å². The van der Waals surface area contributed by atoms with Crippen molar-refractivity contribution in [3.63, 3.8) is 0 Å². The fraction of sp³-hybridized carbons (Fsp3) is 0.750. The molecule has 1 aromatic heterocycles. The van der Waals surface area contributed by atoms with E-state index in [0.29, 0.717) is 5.41 Å². The summed E-state index contributed by atoms with van der Waals surface area (Å²) in [5.74, 6) is 8.11. The number of fused-ring (bicyclic) bond motifs is 7. The Kier molecular flexibility index (Phi) is 4.75. The van der Waals surface area contributed by atoms with Crippen LogP contribution in [0.5, 0.6) is 0 Å². The van der Waals surface area contributed by atoms with E-state index < -0.39 is 0 Å². The van der Waals surface area contributed by atoms with Crippen LogP contribution in [0.4, 0.5) is 5.13 Å². The highest BCUT2D eigenvalue weighted by Crippen LogP contribution is 2.65. The Balaban J connectivity index is 1.30. The summed E-state index contributed by atoms with van der Waals surface area (Å²) in [5.41, 5.74) is 8.34. The van der Waals surface area contributed by atoms with E-state index in [-0.39, 0.29) is 5.41 Å². The first-order valence-corrected chi connectivity index (χ1v) is 13.0. The molecule has 6 nitrogen and oxygen atoms in total. The molecule has 0 unspecified atom stereocenters. The first kappa shape index (κ1) is 20.2. The summed E-state index contributed by atoms with van der Waals surface area (Å²) in [7, 11) is 0. The van der Waals surface area contributed by atoms with Crippen LogP contribution in [-0.4, -0.2) is 41.9 Å². The van der Waals surface area contributed by atoms with Crippen molar-refractivity contribution >= 4 is 27.8 Å². The first-order chi connectivity index (χ1) is 15.0. The monoisotopic (exact) mass is 440 g/mol. The van der Waals surface area contributed by atoms with E-state index in [9.17, 15) is 0 Å². The van der Waals surface area contributed by atoms with Crippen molar-refractivity contribution in [2.75, 3.05) is 31.6 Å². The summed E-state index contributed by atoms with van der Waals surface area (Å²) in [6.45, 7) is 9.16. The van der Waals surface area contributed by atoms with E-state index in [4.69, 9.17) is 10.8 Å². The van der Waals surface area contributed by atoms with Gasteiger partial charge in [-0.2, -0.15) is 5.10 Å². The molecule has 0 aromatic carbocycles. The van der Waals surface area contributed by atoms with Crippen molar-refractivity contribution in [2.24, 2.45) is 39.5 Å². The molecule has 1 aliphatic heterocycles. The lowest BCUT2D eigenvalue weighted by atomic mass is 9.48. The lowest BCUT2D eigenvalue weighted by molar-refractivity contribution is 0.0117. The Morgan fingerprint density at radius 2 is 1.97 bits per heavy atom. The van der Waals surface area contributed by atoms with Crippen LogP contribution in [0.1, 0.15) is 62.9 Å². The van der Waals surface area contributed by atoms with Gasteiger partial charge in [0.1, 0.15) is 0 Å². The van der Waals surface area contributed by atoms with Crippen LogP contribution in [0.2, 0.25) is 0 Å². The number of hydrogen-bond acceptors (Lipinski definition) is 7. The molecule has 0 spiro atoms. The molecule has 1 saturated heterocycles. The lowest BCUT2D eigenvalue weighted by Crippen LogP contribution is -2.49. The molecule has 5 atom stereocenters. The average molecular weight is 441 g/mol. The van der Waals surface area contributed by atoms with Crippen LogP contribution in [-0.2, 0) is 6.42 Å². The number of nitrogens with two attached hydrogens (primary N) is 1. The second-order valence-corrected chi connectivity index (χ2v) is 11.9. The molecular weight excluding hydrogens is 404 g/mol. The maximum atomic E-state index is 5.81. The molecule has 0 bridgehead atoms. The van der Waals surface area contributed by atoms with Gasteiger partial charge in [-0.05, 0) is 73.7 Å². The standard InChI is InChI=1S/C24H36N6S/c1-23-10-8-19-21(31-22(27-19)29-30-13-11-26-12-14-30)18(23)4-3-15-16-5-6-20(28-25)24(16,2)9-7-17(15)23/h4,15-17,26H,3,5-14,25H2,1-2H3,(H,27,29)/b28-20+/t15-,16-,17-,23+,24-/m0/s1. The zero-order valence-corrected chi connectivity index (χ0v) is 19.7. The molecule has 0 radical (unpaired) electrons. The van der Waals surface area contributed by atoms with E-state index in [2.05, 4.69) is 40.8 Å². The molecule has 5 aliphatic rings. The molecule has 4 N–H and O–H groups in total. The number of rotatable bonds is 2. The molecule has 2 heterocycles. The normalized spacial score (nSPS) is 41.2. The minimum Gasteiger partial charge on any atom is -0.323 e. The number of hydrogen-bond donors (Lipinski definition) is 3. The third-order valence-electron chi connectivity index (χ3n) is 9.56. The quantitative estimate of drug-likeness (QED) is 0.481. The topological polar surface area (TPSA) is 78.6 Å². The maximum absolute atomic E-state index is 5.81. The van der Waals surface area contributed by atoms with E-state index in [1.807, 2.05) is 11.3 Å². The Morgan fingerprint density at radius 3 is 2.77 bits per heavy atom. The number of nitrogens with one attached hydrogen (secondary N) is 2. The van der Waals surface area contributed by atoms with Gasteiger partial charge in [0, 0.05) is 37.3 Å². The van der Waals surface area contributed by atoms with Crippen molar-refractivity contribution in [1.29, 1.82) is 0 Å². The maximum Gasteiger partial charge on any atom is 0.198 e. The summed E-state index contributed by atoms with van der Waals surface area (Å²) in [6, 6.07) is 0. The Morgan fingerprint density at radius 1 is 1.16 bits per heavy atom. The van der Waals surface area contributed by atoms with Gasteiger partial charge in [0.2, 0.25) is 0 Å². The van der Waals surface area contributed by atoms with Gasteiger partial charge in [-0.3, -0.25) is 5.43 Å². The highest BCUT2D eigenvalue weighted by atomic mass is 32.1. The van der Waals surface area contributed by atoms with E-state index in [1.165, 1.54) is 48.4 Å². The van der Waals surface area contributed by atoms with Crippen molar-refractivity contribution in [1.82, 2.24) is 15.3 Å². The van der Waals surface area contributed by atoms with E-state index >= 15 is 0 Å². The van der Waals surface area contributed by atoms with Crippen LogP contribution in [0.15, 0.2) is 11.2 Å². The second-order valence-electron chi connectivity index (χ2n) is 10.9. The zero-order chi connectivity index (χ0) is 21.2. The van der Waals surface area contributed by atoms with Crippen LogP contribution in [0.25, 0.3) is 5.57 Å². The molecule has 168 valence electrons. The number of thiazole rings is 1. The molecule has 31 heavy (non-hydrogen) atoms. The summed E-state index contributed by atoms with van der Waals surface area (Å²) >= 11 is 1.89. The number of hydrazone groups is 1. The van der Waals surface area contributed by atoms with Crippen molar-refractivity contribution in [2.45, 2.75) is 58.8 Å². The summed E-state index contributed by atoms with van der Waals surface area (Å²) in [4.78, 5) is 6.50. The van der Waals surface area contributed by atoms with E-state index in [0.717, 1.165) is 61.9 Å². The Hall–Kier alpha value is -1.44. The number of aromatic nitrogens is 1. The minimum absolute atomic E-state index is 0.238. The van der Waals surface area contributed by atoms with E-state index in [1.54, 1.807) is 5.57 Å². The number of aryl methyl sites for hydroxylation is 1. The third-order valence-corrected chi connectivity index (χ3v) is 10.6. The van der Waals surface area contributed by atoms with Crippen LogP contribution in [0, 0.1) is 28.6 Å². The fourth-order valence-electron chi connectivity index (χ4n) is 7.84. The highest BCUT2D eigenvalue weighted by molar-refractivity contribution is 7.16. The predicted molar refractivity (Wildman–Crippen MR) is 128 cm³/mol. The van der Waals surface area contributed by atoms with Crippen LogP contribution < -0.4 is 16.6 Å². The average Bonchev–Trinajstić information content (AvgIpc) is 3.33. The van der Waals surface area contributed by atoms with Gasteiger partial charge in [-0.1, -0.05) is 31.3 Å². The molecule has 7 heteroatoms. The Labute approximate surface area is 189 Å². The van der Waals surface area contributed by atoms with Crippen molar-refractivity contribution in [3.05, 3.63) is 16.6 Å². The summed E-state index contributed by atoms with van der Waals surface area (Å²) < 4.78 is 0. The number of hydrazine groups is 1. The van der Waals surface area contributed by atoms with Crippen molar-refractivity contribution in [3.8, 4) is 0 Å². The van der Waals surface area contributed by atoms with Crippen LogP contribution >= 0.6 is 11.3 Å². The van der Waals surface area contributed by atoms with Gasteiger partial charge < -0.3 is 11.2 Å². The number of piperazine rings is 1. The molecular formula is C24H36N6S. The van der Waals surface area contributed by atoms with Crippen LogP contribution in [0.3, 0.4) is 0 Å². The highest BCUT2D eigenvalue weighted by Gasteiger charge is 2.58. The summed E-state index contributed by atoms with van der Waals surface area (Å²) in [6.07, 6.45) is 11.1. The van der Waals surface area contributed by atoms with Gasteiger partial charge in [0.05, 0.1) is 10.6 Å². The summed E-state index contributed by atoms with van der Waals surface area (Å²) in [5, 5.41) is 11.0. The molecule has 3 fully saturated rings. The second kappa shape index (κ2) is 7.29.